The van der Waals surface area contributed by atoms with Gasteiger partial charge in [0, 0.05) is 23.0 Å². The van der Waals surface area contributed by atoms with Crippen LogP contribution in [-0.4, -0.2) is 26.7 Å². The summed E-state index contributed by atoms with van der Waals surface area (Å²) in [6, 6.07) is 8.14. The van der Waals surface area contributed by atoms with Crippen molar-refractivity contribution in [3.05, 3.63) is 69.0 Å². The summed E-state index contributed by atoms with van der Waals surface area (Å²) in [5.41, 5.74) is 2.64. The summed E-state index contributed by atoms with van der Waals surface area (Å²) in [6.07, 6.45) is 1.75. The van der Waals surface area contributed by atoms with Crippen LogP contribution in [0.3, 0.4) is 0 Å². The van der Waals surface area contributed by atoms with Gasteiger partial charge >= 0.3 is 0 Å². The highest BCUT2D eigenvalue weighted by atomic mass is 35.5. The first-order valence-electron chi connectivity index (χ1n) is 10.8. The maximum absolute atomic E-state index is 13.8. The first kappa shape index (κ1) is 26.0. The van der Waals surface area contributed by atoms with Gasteiger partial charge in [-0.2, -0.15) is 0 Å². The molecule has 0 radical (unpaired) electrons. The molecule has 10 heteroatoms. The molecule has 0 aliphatic heterocycles. The quantitative estimate of drug-likeness (QED) is 0.255. The smallest absolute Gasteiger partial charge is 0.188 e. The molecule has 0 saturated heterocycles. The molecular formula is C24H26ClFN4O2S2. The van der Waals surface area contributed by atoms with Crippen LogP contribution in [0.15, 0.2) is 41.9 Å². The number of thiazole rings is 2. The maximum Gasteiger partial charge on any atom is 0.188 e. The number of hydrogen-bond donors (Lipinski definition) is 2. The van der Waals surface area contributed by atoms with Gasteiger partial charge in [0.1, 0.15) is 16.9 Å². The lowest BCUT2D eigenvalue weighted by Gasteiger charge is -2.08. The van der Waals surface area contributed by atoms with Gasteiger partial charge in [-0.25, -0.2) is 19.3 Å². The fourth-order valence-electron chi connectivity index (χ4n) is 2.90. The van der Waals surface area contributed by atoms with Gasteiger partial charge in [0.15, 0.2) is 16.7 Å². The zero-order valence-electron chi connectivity index (χ0n) is 19.3. The standard InChI is InChI=1S/C22H20ClFN4O2S2.C2H6/c1-12-20(32-21(26-12)13(2)29)17-11-31-22(27-17)28-19-6-3-14(10-25-19)7-8-30-18-5-4-15(23)9-16(18)24;1-2/h3-6,9-11,13,29H,7-8H2,1-2H3,(H,25,27,28);1-2H3. The number of benzene rings is 1. The largest absolute Gasteiger partial charge is 0.490 e. The third-order valence-corrected chi connectivity index (χ3v) is 6.85. The second-order valence-corrected chi connectivity index (χ2v) is 9.36. The number of aliphatic hydroxyl groups excluding tert-OH is 1. The predicted molar refractivity (Wildman–Crippen MR) is 138 cm³/mol. The van der Waals surface area contributed by atoms with Gasteiger partial charge in [0.2, 0.25) is 0 Å². The van der Waals surface area contributed by atoms with E-state index in [1.165, 1.54) is 34.8 Å². The van der Waals surface area contributed by atoms with Gasteiger partial charge in [0.25, 0.3) is 0 Å². The van der Waals surface area contributed by atoms with E-state index in [2.05, 4.69) is 20.3 Å². The monoisotopic (exact) mass is 520 g/mol. The summed E-state index contributed by atoms with van der Waals surface area (Å²) in [6.45, 7) is 7.94. The minimum atomic E-state index is -0.595. The number of aliphatic hydroxyl groups is 1. The highest BCUT2D eigenvalue weighted by Gasteiger charge is 2.15. The van der Waals surface area contributed by atoms with Crippen LogP contribution in [0.1, 0.15) is 43.1 Å². The van der Waals surface area contributed by atoms with E-state index in [1.54, 1.807) is 19.2 Å². The average molecular weight is 521 g/mol. The van der Waals surface area contributed by atoms with E-state index in [9.17, 15) is 9.50 Å². The van der Waals surface area contributed by atoms with Crippen LogP contribution >= 0.6 is 34.3 Å². The highest BCUT2D eigenvalue weighted by molar-refractivity contribution is 7.17. The predicted octanol–water partition coefficient (Wildman–Crippen LogP) is 7.21. The Morgan fingerprint density at radius 2 is 2.00 bits per heavy atom. The molecular weight excluding hydrogens is 495 g/mol. The van der Waals surface area contributed by atoms with Crippen molar-refractivity contribution in [1.82, 2.24) is 15.0 Å². The minimum Gasteiger partial charge on any atom is -0.490 e. The van der Waals surface area contributed by atoms with E-state index >= 15 is 0 Å². The molecule has 4 aromatic rings. The normalized spacial score (nSPS) is 11.5. The molecule has 3 aromatic heterocycles. The molecule has 1 unspecified atom stereocenters. The van der Waals surface area contributed by atoms with Crippen molar-refractivity contribution in [3.8, 4) is 16.3 Å². The zero-order chi connectivity index (χ0) is 24.7. The van der Waals surface area contributed by atoms with Crippen LogP contribution in [0.4, 0.5) is 15.3 Å². The Morgan fingerprint density at radius 1 is 1.21 bits per heavy atom. The molecule has 180 valence electrons. The van der Waals surface area contributed by atoms with E-state index in [0.717, 1.165) is 21.8 Å². The Labute approximate surface area is 211 Å². The number of rotatable bonds is 8. The molecule has 0 aliphatic rings. The van der Waals surface area contributed by atoms with Crippen LogP contribution in [0.2, 0.25) is 5.02 Å². The number of anilines is 2. The molecule has 1 atom stereocenters. The van der Waals surface area contributed by atoms with Crippen molar-refractivity contribution in [2.45, 2.75) is 40.2 Å². The fourth-order valence-corrected chi connectivity index (χ4v) is 4.80. The van der Waals surface area contributed by atoms with Gasteiger partial charge in [-0.15, -0.1) is 22.7 Å². The van der Waals surface area contributed by atoms with Crippen LogP contribution in [0, 0.1) is 12.7 Å². The number of aryl methyl sites for hydroxylation is 1. The average Bonchev–Trinajstić information content (AvgIpc) is 3.44. The van der Waals surface area contributed by atoms with E-state index in [0.29, 0.717) is 34.0 Å². The van der Waals surface area contributed by atoms with Crippen molar-refractivity contribution in [2.75, 3.05) is 11.9 Å². The Bertz CT molecular complexity index is 1210. The first-order valence-corrected chi connectivity index (χ1v) is 12.9. The van der Waals surface area contributed by atoms with Crippen LogP contribution in [0.5, 0.6) is 5.75 Å². The lowest BCUT2D eigenvalue weighted by atomic mass is 10.2. The van der Waals surface area contributed by atoms with Crippen molar-refractivity contribution in [3.63, 3.8) is 0 Å². The van der Waals surface area contributed by atoms with E-state index < -0.39 is 11.9 Å². The van der Waals surface area contributed by atoms with Gasteiger partial charge in [-0.3, -0.25) is 0 Å². The Hall–Kier alpha value is -2.59. The molecule has 0 amide bonds. The molecule has 34 heavy (non-hydrogen) atoms. The zero-order valence-corrected chi connectivity index (χ0v) is 21.7. The molecule has 3 heterocycles. The summed E-state index contributed by atoms with van der Waals surface area (Å²) in [7, 11) is 0. The lowest BCUT2D eigenvalue weighted by molar-refractivity contribution is 0.198. The Morgan fingerprint density at radius 3 is 2.65 bits per heavy atom. The van der Waals surface area contributed by atoms with Gasteiger partial charge in [0.05, 0.1) is 22.9 Å². The summed E-state index contributed by atoms with van der Waals surface area (Å²) in [5.74, 6) is 0.371. The summed E-state index contributed by atoms with van der Waals surface area (Å²) >= 11 is 8.67. The third kappa shape index (κ3) is 6.73. The topological polar surface area (TPSA) is 80.2 Å². The van der Waals surface area contributed by atoms with Crippen molar-refractivity contribution >= 4 is 45.2 Å². The van der Waals surface area contributed by atoms with Gasteiger partial charge in [-0.1, -0.05) is 31.5 Å². The number of pyridine rings is 1. The second-order valence-electron chi connectivity index (χ2n) is 7.03. The van der Waals surface area contributed by atoms with Crippen molar-refractivity contribution < 1.29 is 14.2 Å². The summed E-state index contributed by atoms with van der Waals surface area (Å²) in [4.78, 5) is 14.4. The first-order chi connectivity index (χ1) is 16.4. The van der Waals surface area contributed by atoms with Crippen LogP contribution < -0.4 is 10.1 Å². The van der Waals surface area contributed by atoms with E-state index in [-0.39, 0.29) is 5.75 Å². The number of hydrogen-bond acceptors (Lipinski definition) is 8. The third-order valence-electron chi connectivity index (χ3n) is 4.51. The van der Waals surface area contributed by atoms with Gasteiger partial charge < -0.3 is 15.2 Å². The highest BCUT2D eigenvalue weighted by Crippen LogP contribution is 2.34. The second kappa shape index (κ2) is 12.2. The van der Waals surface area contributed by atoms with Crippen LogP contribution in [-0.2, 0) is 6.42 Å². The van der Waals surface area contributed by atoms with Crippen molar-refractivity contribution in [2.24, 2.45) is 0 Å². The number of aromatic nitrogens is 3. The molecule has 6 nitrogen and oxygen atoms in total. The number of nitrogens with one attached hydrogen (secondary N) is 1. The van der Waals surface area contributed by atoms with E-state index in [4.69, 9.17) is 16.3 Å². The lowest BCUT2D eigenvalue weighted by Crippen LogP contribution is -2.03. The van der Waals surface area contributed by atoms with E-state index in [1.807, 2.05) is 38.3 Å². The molecule has 4 rings (SSSR count). The summed E-state index contributed by atoms with van der Waals surface area (Å²) < 4.78 is 19.2. The molecule has 0 saturated carbocycles. The maximum atomic E-state index is 13.8. The number of ether oxygens (including phenoxy) is 1. The molecule has 0 bridgehead atoms. The molecule has 2 N–H and O–H groups in total. The molecule has 0 spiro atoms. The fraction of sp³-hybridized carbons (Fsp3) is 0.292. The molecule has 0 aliphatic carbocycles. The molecule has 0 fully saturated rings. The summed E-state index contributed by atoms with van der Waals surface area (Å²) in [5, 5.41) is 16.6. The number of nitrogens with zero attached hydrogens (tertiary/aromatic N) is 3. The van der Waals surface area contributed by atoms with Crippen LogP contribution in [0.25, 0.3) is 10.6 Å². The molecule has 1 aromatic carbocycles. The van der Waals surface area contributed by atoms with Gasteiger partial charge in [-0.05, 0) is 43.7 Å². The minimum absolute atomic E-state index is 0.178. The number of halogens is 2. The Balaban J connectivity index is 0.00000158. The Kier molecular flexibility index (Phi) is 9.35. The van der Waals surface area contributed by atoms with Crippen molar-refractivity contribution in [1.29, 1.82) is 0 Å². The SMILES string of the molecule is CC.Cc1nc(C(C)O)sc1-c1csc(Nc2ccc(CCOc3ccc(Cl)cc3F)cn2)n1.